The number of hydrogen-bond acceptors (Lipinski definition) is 5. The Morgan fingerprint density at radius 1 is 1.24 bits per heavy atom. The van der Waals surface area contributed by atoms with Crippen LogP contribution in [0.1, 0.15) is 30.6 Å². The summed E-state index contributed by atoms with van der Waals surface area (Å²) in [4.78, 5) is 23.2. The van der Waals surface area contributed by atoms with Gasteiger partial charge in [-0.3, -0.25) is 4.79 Å². The third-order valence-electron chi connectivity index (χ3n) is 3.10. The monoisotopic (exact) mass is 292 g/mol. The van der Waals surface area contributed by atoms with Crippen molar-refractivity contribution in [2.75, 3.05) is 13.2 Å². The maximum absolute atomic E-state index is 12.1. The highest BCUT2D eigenvalue weighted by Crippen LogP contribution is 2.30. The zero-order valence-corrected chi connectivity index (χ0v) is 12.0. The first-order valence-electron chi connectivity index (χ1n) is 6.88. The fourth-order valence-electron chi connectivity index (χ4n) is 2.11. The van der Waals surface area contributed by atoms with E-state index in [2.05, 4.69) is 5.32 Å². The van der Waals surface area contributed by atoms with E-state index in [0.29, 0.717) is 36.7 Å². The van der Waals surface area contributed by atoms with Crippen LogP contribution in [-0.2, 0) is 4.79 Å². The number of amides is 1. The number of carboxylic acid groups (broad SMARTS) is 1. The van der Waals surface area contributed by atoms with E-state index in [1.165, 1.54) is 0 Å². The van der Waals surface area contributed by atoms with Crippen molar-refractivity contribution in [2.24, 2.45) is 5.92 Å². The van der Waals surface area contributed by atoms with Crippen LogP contribution in [0.2, 0.25) is 0 Å². The lowest BCUT2D eigenvalue weighted by atomic mass is 10.0. The van der Waals surface area contributed by atoms with Gasteiger partial charge in [-0.05, 0) is 30.5 Å². The quantitative estimate of drug-likeness (QED) is 0.846. The molecule has 0 spiro atoms. The molecule has 0 aromatic heterocycles. The molecular formula is C15H18NO5-. The molecule has 0 aliphatic carbocycles. The third-order valence-corrected chi connectivity index (χ3v) is 3.10. The molecule has 0 bridgehead atoms. The molecule has 1 N–H and O–H groups in total. The number of carbonyl (C=O) groups excluding carboxylic acids is 2. The minimum Gasteiger partial charge on any atom is -0.548 e. The number of ether oxygens (including phenoxy) is 2. The number of benzene rings is 1. The number of rotatable bonds is 5. The van der Waals surface area contributed by atoms with Gasteiger partial charge in [0.05, 0.1) is 12.0 Å². The first kappa shape index (κ1) is 15.2. The molecule has 1 aliphatic rings. The second kappa shape index (κ2) is 6.47. The van der Waals surface area contributed by atoms with Gasteiger partial charge in [-0.25, -0.2) is 0 Å². The summed E-state index contributed by atoms with van der Waals surface area (Å²) in [7, 11) is 0. The van der Waals surface area contributed by atoms with Crippen molar-refractivity contribution in [1.29, 1.82) is 0 Å². The van der Waals surface area contributed by atoms with Gasteiger partial charge < -0.3 is 24.7 Å². The first-order chi connectivity index (χ1) is 9.97. The van der Waals surface area contributed by atoms with Crippen LogP contribution in [-0.4, -0.2) is 31.1 Å². The number of carboxylic acids is 1. The summed E-state index contributed by atoms with van der Waals surface area (Å²) in [5.74, 6) is -0.552. The van der Waals surface area contributed by atoms with Crippen molar-refractivity contribution in [3.63, 3.8) is 0 Å². The predicted octanol–water partition coefficient (Wildman–Crippen LogP) is 0.352. The highest BCUT2D eigenvalue weighted by Gasteiger charge is 2.19. The highest BCUT2D eigenvalue weighted by molar-refractivity contribution is 5.97. The minimum absolute atomic E-state index is 0.133. The normalized spacial score (nSPS) is 14.6. The van der Waals surface area contributed by atoms with Crippen LogP contribution >= 0.6 is 0 Å². The molecule has 2 rings (SSSR count). The van der Waals surface area contributed by atoms with Crippen molar-refractivity contribution in [3.8, 4) is 11.5 Å². The molecule has 1 heterocycles. The van der Waals surface area contributed by atoms with Crippen molar-refractivity contribution in [2.45, 2.75) is 26.3 Å². The van der Waals surface area contributed by atoms with Gasteiger partial charge in [0, 0.05) is 5.56 Å². The number of nitrogens with one attached hydrogen (secondary N) is 1. The second-order valence-corrected chi connectivity index (χ2v) is 5.33. The summed E-state index contributed by atoms with van der Waals surface area (Å²) in [6, 6.07) is 3.75. The van der Waals surface area contributed by atoms with Gasteiger partial charge in [-0.15, -0.1) is 0 Å². The molecule has 0 fully saturated rings. The molecule has 1 aliphatic heterocycles. The number of carbonyl (C=O) groups is 2. The van der Waals surface area contributed by atoms with Crippen LogP contribution in [0.4, 0.5) is 0 Å². The Labute approximate surface area is 123 Å². The topological polar surface area (TPSA) is 87.7 Å². The van der Waals surface area contributed by atoms with E-state index < -0.39 is 17.9 Å². The Kier molecular flexibility index (Phi) is 4.67. The average Bonchev–Trinajstić information content (AvgIpc) is 2.45. The zero-order valence-electron chi connectivity index (χ0n) is 12.0. The Hall–Kier alpha value is -2.24. The second-order valence-electron chi connectivity index (χ2n) is 5.33. The first-order valence-corrected chi connectivity index (χ1v) is 6.88. The van der Waals surface area contributed by atoms with Crippen LogP contribution < -0.4 is 19.9 Å². The molecule has 0 unspecified atom stereocenters. The van der Waals surface area contributed by atoms with Gasteiger partial charge in [0.1, 0.15) is 13.2 Å². The van der Waals surface area contributed by atoms with Gasteiger partial charge in [0.15, 0.2) is 11.5 Å². The minimum atomic E-state index is -1.28. The molecule has 0 saturated heterocycles. The lowest BCUT2D eigenvalue weighted by Crippen LogP contribution is -2.48. The molecule has 6 nitrogen and oxygen atoms in total. The summed E-state index contributed by atoms with van der Waals surface area (Å²) in [5.41, 5.74) is 0.328. The van der Waals surface area contributed by atoms with Crippen molar-refractivity contribution < 1.29 is 24.2 Å². The Balaban J connectivity index is 2.10. The van der Waals surface area contributed by atoms with Crippen LogP contribution in [0.15, 0.2) is 18.2 Å². The summed E-state index contributed by atoms with van der Waals surface area (Å²) < 4.78 is 10.8. The summed E-state index contributed by atoms with van der Waals surface area (Å²) in [6.45, 7) is 4.66. The van der Waals surface area contributed by atoms with Gasteiger partial charge >= 0.3 is 0 Å². The van der Waals surface area contributed by atoms with E-state index in [0.717, 1.165) is 0 Å². The van der Waals surface area contributed by atoms with E-state index in [4.69, 9.17) is 9.47 Å². The van der Waals surface area contributed by atoms with Gasteiger partial charge in [0.2, 0.25) is 0 Å². The highest BCUT2D eigenvalue weighted by atomic mass is 16.6. The van der Waals surface area contributed by atoms with E-state index in [9.17, 15) is 14.7 Å². The fourth-order valence-corrected chi connectivity index (χ4v) is 2.11. The lowest BCUT2D eigenvalue weighted by molar-refractivity contribution is -0.308. The number of fused-ring (bicyclic) bond motifs is 1. The third kappa shape index (κ3) is 3.87. The van der Waals surface area contributed by atoms with Crippen LogP contribution in [0, 0.1) is 5.92 Å². The molecular weight excluding hydrogens is 274 g/mol. The van der Waals surface area contributed by atoms with E-state index in [-0.39, 0.29) is 5.92 Å². The number of hydrogen-bond donors (Lipinski definition) is 1. The molecule has 21 heavy (non-hydrogen) atoms. The summed E-state index contributed by atoms with van der Waals surface area (Å²) >= 11 is 0. The van der Waals surface area contributed by atoms with Gasteiger partial charge in [-0.2, -0.15) is 0 Å². The van der Waals surface area contributed by atoms with Crippen molar-refractivity contribution in [3.05, 3.63) is 23.8 Å². The molecule has 114 valence electrons. The molecule has 6 heteroatoms. The Morgan fingerprint density at radius 3 is 2.52 bits per heavy atom. The maximum atomic E-state index is 12.1. The van der Waals surface area contributed by atoms with E-state index >= 15 is 0 Å². The Morgan fingerprint density at radius 2 is 1.90 bits per heavy atom. The summed E-state index contributed by atoms with van der Waals surface area (Å²) in [5, 5.41) is 13.5. The smallest absolute Gasteiger partial charge is 0.251 e. The summed E-state index contributed by atoms with van der Waals surface area (Å²) in [6.07, 6.45) is 0.318. The van der Waals surface area contributed by atoms with Crippen molar-refractivity contribution in [1.82, 2.24) is 5.32 Å². The largest absolute Gasteiger partial charge is 0.548 e. The maximum Gasteiger partial charge on any atom is 0.251 e. The van der Waals surface area contributed by atoms with Crippen LogP contribution in [0.25, 0.3) is 0 Å². The van der Waals surface area contributed by atoms with Gasteiger partial charge in [-0.1, -0.05) is 13.8 Å². The molecule has 0 radical (unpaired) electrons. The SMILES string of the molecule is CC(C)C[C@H](NC(=O)c1ccc2c(c1)OCCO2)C(=O)[O-]. The lowest BCUT2D eigenvalue weighted by Gasteiger charge is -2.22. The molecule has 1 aromatic carbocycles. The number of aliphatic carboxylic acids is 1. The standard InChI is InChI=1S/C15H19NO5/c1-9(2)7-11(15(18)19)16-14(17)10-3-4-12-13(8-10)21-6-5-20-12/h3-4,8-9,11H,5-7H2,1-2H3,(H,16,17)(H,18,19)/p-1/t11-/m0/s1. The molecule has 1 amide bonds. The molecule has 1 aromatic rings. The fraction of sp³-hybridized carbons (Fsp3) is 0.467. The van der Waals surface area contributed by atoms with Crippen LogP contribution in [0.5, 0.6) is 11.5 Å². The predicted molar refractivity (Wildman–Crippen MR) is 73.1 cm³/mol. The van der Waals surface area contributed by atoms with E-state index in [1.54, 1.807) is 18.2 Å². The van der Waals surface area contributed by atoms with Gasteiger partial charge in [0.25, 0.3) is 5.91 Å². The van der Waals surface area contributed by atoms with Crippen LogP contribution in [0.3, 0.4) is 0 Å². The molecule has 0 saturated carbocycles. The van der Waals surface area contributed by atoms with Crippen molar-refractivity contribution >= 4 is 11.9 Å². The molecule has 1 atom stereocenters. The Bertz CT molecular complexity index is 541. The zero-order chi connectivity index (χ0) is 15.4. The average molecular weight is 292 g/mol. The van der Waals surface area contributed by atoms with E-state index in [1.807, 2.05) is 13.8 Å².